The number of rotatable bonds is 5. The first kappa shape index (κ1) is 9.41. The number of primary amides is 1. The van der Waals surface area contributed by atoms with Crippen LogP contribution in [0.2, 0.25) is 0 Å². The molecule has 61 valence electrons. The van der Waals surface area contributed by atoms with E-state index in [0.29, 0.717) is 0 Å². The van der Waals surface area contributed by atoms with Crippen LogP contribution >= 0.6 is 0 Å². The maximum absolute atomic E-state index is 10.2. The van der Waals surface area contributed by atoms with Crippen LogP contribution in [0.25, 0.3) is 0 Å². The Morgan fingerprint density at radius 3 is 2.45 bits per heavy atom. The van der Waals surface area contributed by atoms with Crippen LogP contribution in [-0.2, 0) is 14.4 Å². The van der Waals surface area contributed by atoms with Crippen LogP contribution in [0.3, 0.4) is 0 Å². The van der Waals surface area contributed by atoms with Crippen molar-refractivity contribution in [2.24, 2.45) is 5.73 Å². The minimum Gasteiger partial charge on any atom is -0.480 e. The number of hydrogen-bond acceptors (Lipinski definition) is 3. The number of carboxylic acid groups (broad SMARTS) is 1. The van der Waals surface area contributed by atoms with Crippen molar-refractivity contribution in [3.63, 3.8) is 0 Å². The van der Waals surface area contributed by atoms with E-state index < -0.39 is 24.3 Å². The number of nitrogens with one attached hydrogen (secondary N) is 1. The van der Waals surface area contributed by atoms with Gasteiger partial charge >= 0.3 is 12.4 Å². The molecule has 0 spiro atoms. The summed E-state index contributed by atoms with van der Waals surface area (Å²) < 4.78 is 0. The van der Waals surface area contributed by atoms with E-state index in [1.54, 1.807) is 0 Å². The maximum Gasteiger partial charge on any atom is 0.326 e. The van der Waals surface area contributed by atoms with E-state index in [-0.39, 0.29) is 0 Å². The van der Waals surface area contributed by atoms with Crippen molar-refractivity contribution in [2.75, 3.05) is 0 Å². The molecule has 0 saturated heterocycles. The molecule has 1 unspecified atom stereocenters. The van der Waals surface area contributed by atoms with Crippen molar-refractivity contribution in [1.82, 2.24) is 5.32 Å². The van der Waals surface area contributed by atoms with Gasteiger partial charge in [-0.25, -0.2) is 4.79 Å². The van der Waals surface area contributed by atoms with Gasteiger partial charge in [-0.15, -0.1) is 0 Å². The smallest absolute Gasteiger partial charge is 0.326 e. The predicted octanol–water partition coefficient (Wildman–Crippen LogP) is -2.03. The van der Waals surface area contributed by atoms with Crippen molar-refractivity contribution in [3.05, 3.63) is 0 Å². The van der Waals surface area contributed by atoms with Crippen LogP contribution in [-0.4, -0.2) is 29.4 Å². The van der Waals surface area contributed by atoms with Gasteiger partial charge in [0.15, 0.2) is 0 Å². The van der Waals surface area contributed by atoms with Crippen LogP contribution in [0, 0.1) is 0 Å². The Morgan fingerprint density at radius 2 is 2.18 bits per heavy atom. The summed E-state index contributed by atoms with van der Waals surface area (Å²) in [5.74, 6) is -2.10. The molecule has 0 rings (SSSR count). The van der Waals surface area contributed by atoms with Crippen LogP contribution in [0.5, 0.6) is 0 Å². The molecule has 0 aromatic rings. The molecule has 6 heteroatoms. The molecular weight excluding hydrogens is 152 g/mol. The van der Waals surface area contributed by atoms with Gasteiger partial charge in [0.25, 0.3) is 0 Å². The van der Waals surface area contributed by atoms with E-state index in [1.807, 2.05) is 5.32 Å². The Labute approximate surface area is 62.4 Å². The van der Waals surface area contributed by atoms with Crippen LogP contribution < -0.4 is 11.1 Å². The van der Waals surface area contributed by atoms with Crippen molar-refractivity contribution in [2.45, 2.75) is 12.5 Å². The van der Waals surface area contributed by atoms with Crippen molar-refractivity contribution < 1.29 is 19.5 Å². The third kappa shape index (κ3) is 3.90. The summed E-state index contributed by atoms with van der Waals surface area (Å²) in [5.41, 5.74) is 4.69. The highest BCUT2D eigenvalue weighted by molar-refractivity contribution is 5.84. The lowest BCUT2D eigenvalue weighted by atomic mass is 10.2. The maximum atomic E-state index is 10.2. The predicted molar refractivity (Wildman–Crippen MR) is 34.1 cm³/mol. The van der Waals surface area contributed by atoms with E-state index in [0.717, 1.165) is 0 Å². The van der Waals surface area contributed by atoms with E-state index >= 15 is 0 Å². The van der Waals surface area contributed by atoms with Gasteiger partial charge in [0, 0.05) is 0 Å². The minimum absolute atomic E-state index is 0.426. The fourth-order valence-electron chi connectivity index (χ4n) is 0.472. The lowest BCUT2D eigenvalue weighted by molar-refractivity contribution is -0.140. The third-order valence-corrected chi connectivity index (χ3v) is 0.937. The number of aliphatic carboxylic acids is 1. The largest absolute Gasteiger partial charge is 0.480 e. The average molecular weight is 159 g/mol. The quantitative estimate of drug-likeness (QED) is 0.402. The van der Waals surface area contributed by atoms with Gasteiger partial charge in [0.05, 0.1) is 6.42 Å². The molecule has 0 aromatic heterocycles. The van der Waals surface area contributed by atoms with Crippen LogP contribution in [0.4, 0.5) is 0 Å². The van der Waals surface area contributed by atoms with E-state index in [9.17, 15) is 14.4 Å². The van der Waals surface area contributed by atoms with Gasteiger partial charge in [-0.2, -0.15) is 0 Å². The lowest BCUT2D eigenvalue weighted by Crippen LogP contribution is -2.39. The number of carboxylic acids is 1. The van der Waals surface area contributed by atoms with Gasteiger partial charge < -0.3 is 16.2 Å². The second kappa shape index (κ2) is 4.26. The Kier molecular flexibility index (Phi) is 3.65. The zero-order chi connectivity index (χ0) is 8.85. The third-order valence-electron chi connectivity index (χ3n) is 0.937. The standard InChI is InChI=1S/C5H7N2O4/c6-4(9)1-3(5(10)11)7-2-8/h3H,1H2,(H2,6,9)(H,7,8)(H,10,11). The first-order valence-electron chi connectivity index (χ1n) is 2.71. The Hall–Kier alpha value is -1.59. The second-order valence-corrected chi connectivity index (χ2v) is 1.81. The van der Waals surface area contributed by atoms with Crippen LogP contribution in [0.1, 0.15) is 6.42 Å². The van der Waals surface area contributed by atoms with E-state index in [4.69, 9.17) is 5.11 Å². The van der Waals surface area contributed by atoms with E-state index in [1.165, 1.54) is 6.41 Å². The summed E-state index contributed by atoms with van der Waals surface area (Å²) in [6.45, 7) is 0. The Morgan fingerprint density at radius 1 is 1.64 bits per heavy atom. The molecule has 0 fully saturated rings. The molecule has 0 saturated carbocycles. The molecule has 2 amide bonds. The topological polar surface area (TPSA) is 109 Å². The van der Waals surface area contributed by atoms with Gasteiger partial charge in [0.2, 0.25) is 5.91 Å². The summed E-state index contributed by atoms with van der Waals surface area (Å²) in [6.07, 6.45) is 0.740. The highest BCUT2D eigenvalue weighted by atomic mass is 16.4. The molecule has 0 aliphatic rings. The van der Waals surface area contributed by atoms with Crippen LogP contribution in [0.15, 0.2) is 0 Å². The first-order chi connectivity index (χ1) is 5.07. The molecule has 0 aliphatic heterocycles. The summed E-state index contributed by atoms with van der Waals surface area (Å²) in [6, 6.07) is -1.27. The minimum atomic E-state index is -1.31. The molecule has 1 atom stereocenters. The van der Waals surface area contributed by atoms with Crippen molar-refractivity contribution in [3.8, 4) is 0 Å². The molecule has 11 heavy (non-hydrogen) atoms. The first-order valence-corrected chi connectivity index (χ1v) is 2.71. The molecule has 0 bridgehead atoms. The van der Waals surface area contributed by atoms with Gasteiger partial charge in [0.1, 0.15) is 6.04 Å². The van der Waals surface area contributed by atoms with Crippen molar-refractivity contribution >= 4 is 18.3 Å². The Balaban J connectivity index is 3.99. The molecule has 0 aliphatic carbocycles. The zero-order valence-electron chi connectivity index (χ0n) is 5.53. The number of amides is 2. The van der Waals surface area contributed by atoms with Crippen molar-refractivity contribution in [1.29, 1.82) is 0 Å². The molecule has 4 N–H and O–H groups in total. The summed E-state index contributed by atoms with van der Waals surface area (Å²) >= 11 is 0. The van der Waals surface area contributed by atoms with Gasteiger partial charge in [-0.05, 0) is 0 Å². The molecular formula is C5H7N2O4. The summed E-state index contributed by atoms with van der Waals surface area (Å²) in [5, 5.41) is 10.1. The fourth-order valence-corrected chi connectivity index (χ4v) is 0.472. The summed E-state index contributed by atoms with van der Waals surface area (Å²) in [4.78, 5) is 30.0. The Bertz CT molecular complexity index is 179. The van der Waals surface area contributed by atoms with Gasteiger partial charge in [-0.1, -0.05) is 0 Å². The molecule has 0 heterocycles. The normalized spacial score (nSPS) is 11.6. The second-order valence-electron chi connectivity index (χ2n) is 1.81. The fraction of sp³-hybridized carbons (Fsp3) is 0.400. The number of nitrogens with two attached hydrogens (primary N) is 1. The van der Waals surface area contributed by atoms with E-state index in [2.05, 4.69) is 5.73 Å². The number of hydrogen-bond donors (Lipinski definition) is 3. The summed E-state index contributed by atoms with van der Waals surface area (Å²) in [7, 11) is 0. The highest BCUT2D eigenvalue weighted by Crippen LogP contribution is 1.88. The number of carbonyl (C=O) groups excluding carboxylic acids is 2. The molecule has 1 radical (unpaired) electrons. The number of carbonyl (C=O) groups is 2. The highest BCUT2D eigenvalue weighted by Gasteiger charge is 2.18. The molecule has 0 aromatic carbocycles. The van der Waals surface area contributed by atoms with Gasteiger partial charge in [-0.3, -0.25) is 9.59 Å². The monoisotopic (exact) mass is 159 g/mol. The zero-order valence-corrected chi connectivity index (χ0v) is 5.53. The average Bonchev–Trinajstić information content (AvgIpc) is 1.86. The molecule has 6 nitrogen and oxygen atoms in total. The SMILES string of the molecule is NC(=O)CC(N[C]=O)C(=O)O. The lowest BCUT2D eigenvalue weighted by Gasteiger charge is -2.06.